The number of rotatable bonds is 8. The maximum atomic E-state index is 11.6. The zero-order valence-corrected chi connectivity index (χ0v) is 16.7. The van der Waals surface area contributed by atoms with E-state index < -0.39 is 10.0 Å². The highest BCUT2D eigenvalue weighted by molar-refractivity contribution is 7.88. The molecule has 0 aromatic heterocycles. The molecule has 1 aliphatic heterocycles. The van der Waals surface area contributed by atoms with Crippen LogP contribution in [0.15, 0.2) is 29.3 Å². The van der Waals surface area contributed by atoms with Crippen LogP contribution >= 0.6 is 0 Å². The van der Waals surface area contributed by atoms with Crippen LogP contribution in [0.5, 0.6) is 0 Å². The number of ether oxygens (including phenoxy) is 1. The van der Waals surface area contributed by atoms with Crippen molar-refractivity contribution in [2.45, 2.75) is 25.6 Å². The first-order valence-corrected chi connectivity index (χ1v) is 10.6. The third-order valence-electron chi connectivity index (χ3n) is 4.42. The van der Waals surface area contributed by atoms with Crippen LogP contribution in [0.3, 0.4) is 0 Å². The van der Waals surface area contributed by atoms with Gasteiger partial charge in [0.15, 0.2) is 5.96 Å². The van der Waals surface area contributed by atoms with Crippen molar-refractivity contribution in [2.24, 2.45) is 10.9 Å². The summed E-state index contributed by atoms with van der Waals surface area (Å²) in [5, 5.41) is 3.36. The predicted octanol–water partition coefficient (Wildman–Crippen LogP) is 1.17. The van der Waals surface area contributed by atoms with E-state index in [0.717, 1.165) is 49.7 Å². The molecule has 146 valence electrons. The fraction of sp³-hybridized carbons (Fsp3) is 0.611. The monoisotopic (exact) mass is 382 g/mol. The molecule has 0 saturated carbocycles. The number of guanidine groups is 1. The number of aliphatic imine (C=N–C) groups is 1. The van der Waals surface area contributed by atoms with Crippen molar-refractivity contribution in [1.29, 1.82) is 0 Å². The molecule has 1 fully saturated rings. The SMILES string of the molecule is CCNC(=NCc1ccc(CS(=O)(=O)NC)cc1)N1CCC(COC)C1. The zero-order chi connectivity index (χ0) is 19.0. The van der Waals surface area contributed by atoms with Crippen LogP contribution < -0.4 is 10.0 Å². The summed E-state index contributed by atoms with van der Waals surface area (Å²) in [7, 11) is -0.0738. The fourth-order valence-electron chi connectivity index (χ4n) is 3.02. The second-order valence-electron chi connectivity index (χ2n) is 6.51. The average molecular weight is 383 g/mol. The summed E-state index contributed by atoms with van der Waals surface area (Å²) in [6.45, 7) is 6.18. The molecule has 8 heteroatoms. The Labute approximate surface area is 156 Å². The van der Waals surface area contributed by atoms with E-state index in [4.69, 9.17) is 9.73 Å². The summed E-state index contributed by atoms with van der Waals surface area (Å²) >= 11 is 0. The Bertz CT molecular complexity index is 689. The third-order valence-corrected chi connectivity index (χ3v) is 5.76. The summed E-state index contributed by atoms with van der Waals surface area (Å²) < 4.78 is 30.8. The van der Waals surface area contributed by atoms with Gasteiger partial charge >= 0.3 is 0 Å². The molecule has 1 aliphatic rings. The van der Waals surface area contributed by atoms with Gasteiger partial charge in [0, 0.05) is 32.7 Å². The second kappa shape index (κ2) is 9.89. The van der Waals surface area contributed by atoms with Gasteiger partial charge in [-0.05, 0) is 31.5 Å². The van der Waals surface area contributed by atoms with E-state index in [2.05, 4.69) is 21.9 Å². The molecule has 1 atom stereocenters. The first kappa shape index (κ1) is 20.7. The standard InChI is InChI=1S/C18H30N4O3S/c1-4-20-18(22-10-9-17(12-22)13-25-3)21-11-15-5-7-16(8-6-15)14-26(23,24)19-2/h5-8,17,19H,4,9-14H2,1-3H3,(H,20,21). The lowest BCUT2D eigenvalue weighted by Gasteiger charge is -2.21. The molecule has 0 aliphatic carbocycles. The molecule has 1 heterocycles. The summed E-state index contributed by atoms with van der Waals surface area (Å²) in [5.74, 6) is 1.47. The zero-order valence-electron chi connectivity index (χ0n) is 15.9. The molecule has 26 heavy (non-hydrogen) atoms. The van der Waals surface area contributed by atoms with Crippen LogP contribution in [0.2, 0.25) is 0 Å². The minimum atomic E-state index is -3.24. The Morgan fingerprint density at radius 1 is 1.31 bits per heavy atom. The highest BCUT2D eigenvalue weighted by Crippen LogP contribution is 2.17. The molecule has 1 unspecified atom stereocenters. The Hall–Kier alpha value is -1.64. The summed E-state index contributed by atoms with van der Waals surface area (Å²) in [5.41, 5.74) is 1.82. The molecule has 7 nitrogen and oxygen atoms in total. The van der Waals surface area contributed by atoms with Crippen LogP contribution in [-0.2, 0) is 27.1 Å². The molecule has 1 aromatic carbocycles. The van der Waals surface area contributed by atoms with Crippen LogP contribution in [0.1, 0.15) is 24.5 Å². The molecule has 0 bridgehead atoms. The Kier molecular flexibility index (Phi) is 7.86. The fourth-order valence-corrected chi connectivity index (χ4v) is 3.80. The normalized spacial score (nSPS) is 18.3. The van der Waals surface area contributed by atoms with Gasteiger partial charge in [0.1, 0.15) is 0 Å². The molecule has 1 saturated heterocycles. The van der Waals surface area contributed by atoms with E-state index in [0.29, 0.717) is 12.5 Å². The van der Waals surface area contributed by atoms with Gasteiger partial charge in [-0.3, -0.25) is 0 Å². The van der Waals surface area contributed by atoms with Gasteiger partial charge in [-0.1, -0.05) is 24.3 Å². The number of hydrogen-bond acceptors (Lipinski definition) is 4. The van der Waals surface area contributed by atoms with Crippen molar-refractivity contribution in [2.75, 3.05) is 40.4 Å². The predicted molar refractivity (Wildman–Crippen MR) is 104 cm³/mol. The topological polar surface area (TPSA) is 83.0 Å². The second-order valence-corrected chi connectivity index (χ2v) is 8.43. The smallest absolute Gasteiger partial charge is 0.215 e. The van der Waals surface area contributed by atoms with E-state index in [1.807, 2.05) is 24.3 Å². The van der Waals surface area contributed by atoms with Gasteiger partial charge in [-0.25, -0.2) is 18.1 Å². The van der Waals surface area contributed by atoms with Crippen molar-refractivity contribution < 1.29 is 13.2 Å². The van der Waals surface area contributed by atoms with Crippen LogP contribution in [0.25, 0.3) is 0 Å². The molecular formula is C18H30N4O3S. The highest BCUT2D eigenvalue weighted by atomic mass is 32.2. The molecule has 0 spiro atoms. The molecule has 0 amide bonds. The van der Waals surface area contributed by atoms with Crippen molar-refractivity contribution >= 4 is 16.0 Å². The largest absolute Gasteiger partial charge is 0.384 e. The maximum Gasteiger partial charge on any atom is 0.215 e. The van der Waals surface area contributed by atoms with Gasteiger partial charge in [-0.2, -0.15) is 0 Å². The van der Waals surface area contributed by atoms with E-state index in [1.165, 1.54) is 7.05 Å². The lowest BCUT2D eigenvalue weighted by atomic mass is 10.1. The number of nitrogens with zero attached hydrogens (tertiary/aromatic N) is 2. The highest BCUT2D eigenvalue weighted by Gasteiger charge is 2.24. The number of hydrogen-bond donors (Lipinski definition) is 2. The Balaban J connectivity index is 1.98. The molecular weight excluding hydrogens is 352 g/mol. The van der Waals surface area contributed by atoms with Gasteiger partial charge < -0.3 is 15.0 Å². The van der Waals surface area contributed by atoms with E-state index in [9.17, 15) is 8.42 Å². The number of sulfonamides is 1. The van der Waals surface area contributed by atoms with Gasteiger partial charge in [0.2, 0.25) is 10.0 Å². The lowest BCUT2D eigenvalue weighted by Crippen LogP contribution is -2.40. The van der Waals surface area contributed by atoms with Gasteiger partial charge in [-0.15, -0.1) is 0 Å². The summed E-state index contributed by atoms with van der Waals surface area (Å²) in [6.07, 6.45) is 1.12. The first-order valence-electron chi connectivity index (χ1n) is 8.98. The van der Waals surface area contributed by atoms with Crippen molar-refractivity contribution in [3.63, 3.8) is 0 Å². The first-order chi connectivity index (χ1) is 12.5. The number of nitrogens with one attached hydrogen (secondary N) is 2. The molecule has 1 aromatic rings. The Morgan fingerprint density at radius 2 is 2.00 bits per heavy atom. The summed E-state index contributed by atoms with van der Waals surface area (Å²) in [4.78, 5) is 7.02. The van der Waals surface area contributed by atoms with Crippen molar-refractivity contribution in [3.05, 3.63) is 35.4 Å². The van der Waals surface area contributed by atoms with Crippen molar-refractivity contribution in [1.82, 2.24) is 14.9 Å². The minimum absolute atomic E-state index is 0.00957. The molecule has 2 N–H and O–H groups in total. The molecule has 2 rings (SSSR count). The summed E-state index contributed by atoms with van der Waals surface area (Å²) in [6, 6.07) is 7.56. The van der Waals surface area contributed by atoms with E-state index in [-0.39, 0.29) is 5.75 Å². The van der Waals surface area contributed by atoms with Crippen LogP contribution in [0, 0.1) is 5.92 Å². The van der Waals surface area contributed by atoms with Gasteiger partial charge in [0.05, 0.1) is 18.9 Å². The third kappa shape index (κ3) is 6.26. The minimum Gasteiger partial charge on any atom is -0.384 e. The average Bonchev–Trinajstić information content (AvgIpc) is 3.08. The quantitative estimate of drug-likeness (QED) is 0.521. The van der Waals surface area contributed by atoms with E-state index >= 15 is 0 Å². The number of benzene rings is 1. The van der Waals surface area contributed by atoms with E-state index in [1.54, 1.807) is 7.11 Å². The number of methoxy groups -OCH3 is 1. The van der Waals surface area contributed by atoms with Crippen LogP contribution in [0.4, 0.5) is 0 Å². The number of likely N-dealkylation sites (tertiary alicyclic amines) is 1. The Morgan fingerprint density at radius 3 is 2.62 bits per heavy atom. The van der Waals surface area contributed by atoms with Gasteiger partial charge in [0.25, 0.3) is 0 Å². The van der Waals surface area contributed by atoms with Crippen LogP contribution in [-0.4, -0.2) is 59.7 Å². The van der Waals surface area contributed by atoms with Crippen molar-refractivity contribution in [3.8, 4) is 0 Å². The lowest BCUT2D eigenvalue weighted by molar-refractivity contribution is 0.157. The maximum absolute atomic E-state index is 11.6. The molecule has 0 radical (unpaired) electrons.